The first kappa shape index (κ1) is 28.1. The predicted molar refractivity (Wildman–Crippen MR) is 152 cm³/mol. The van der Waals surface area contributed by atoms with E-state index in [2.05, 4.69) is 61.0 Å². The van der Waals surface area contributed by atoms with Crippen LogP contribution in [0.15, 0.2) is 42.5 Å². The maximum absolute atomic E-state index is 11.9. The van der Waals surface area contributed by atoms with Gasteiger partial charge in [-0.3, -0.25) is 4.79 Å². The summed E-state index contributed by atoms with van der Waals surface area (Å²) in [5, 5.41) is 34.3. The first-order valence-electron chi connectivity index (χ1n) is 13.7. The van der Waals surface area contributed by atoms with E-state index < -0.39 is 34.7 Å². The number of hydrogen-bond acceptors (Lipinski definition) is 5. The number of unbranched alkanes of at least 4 members (excludes halogenated alkanes) is 1. The second-order valence-corrected chi connectivity index (χ2v) is 13.6. The zero-order chi connectivity index (χ0) is 26.6. The molecule has 1 aliphatic carbocycles. The topological polar surface area (TPSA) is 116 Å². The highest BCUT2D eigenvalue weighted by molar-refractivity contribution is 8.16. The number of carbonyl (C=O) groups excluding carboxylic acids is 1. The molecule has 5 atom stereocenters. The zero-order valence-corrected chi connectivity index (χ0v) is 23.1. The summed E-state index contributed by atoms with van der Waals surface area (Å²) in [6, 6.07) is 15.2. The van der Waals surface area contributed by atoms with Crippen LogP contribution in [0.1, 0.15) is 71.6 Å². The van der Waals surface area contributed by atoms with Crippen molar-refractivity contribution in [3.05, 3.63) is 70.3 Å². The van der Waals surface area contributed by atoms with Crippen LogP contribution >= 0.6 is 10.9 Å². The molecule has 1 amide bonds. The standard InChI is InChI=1S/C30H44N2O4S/c1-20-8-13-23(28-27(35)26(34)25(33)19-37(28)2)18-24(20)17-22-11-9-21(10-12-22)7-3-6-16-32-30(29(31)36)14-4-5-15-30/h8-13,18,25-28,32-35,37H,3-7,14-17,19H2,1-2H3,(H2,31,36)/t25-,26-,27-,28?/m1/s1. The Morgan fingerprint density at radius 2 is 1.70 bits per heavy atom. The fourth-order valence-electron chi connectivity index (χ4n) is 6.02. The van der Waals surface area contributed by atoms with Gasteiger partial charge in [-0.15, -0.1) is 0 Å². The van der Waals surface area contributed by atoms with Crippen LogP contribution in [0.4, 0.5) is 0 Å². The van der Waals surface area contributed by atoms with Gasteiger partial charge in [0, 0.05) is 11.0 Å². The summed E-state index contributed by atoms with van der Waals surface area (Å²) in [7, 11) is -0.628. The van der Waals surface area contributed by atoms with Gasteiger partial charge in [0.15, 0.2) is 0 Å². The highest BCUT2D eigenvalue weighted by Crippen LogP contribution is 2.48. The van der Waals surface area contributed by atoms with Gasteiger partial charge >= 0.3 is 0 Å². The third-order valence-electron chi connectivity index (χ3n) is 8.43. The Kier molecular flexibility index (Phi) is 9.35. The summed E-state index contributed by atoms with van der Waals surface area (Å²) >= 11 is 0. The molecule has 2 unspecified atom stereocenters. The molecule has 6 nitrogen and oxygen atoms in total. The van der Waals surface area contributed by atoms with Gasteiger partial charge in [0.25, 0.3) is 0 Å². The van der Waals surface area contributed by atoms with E-state index in [0.29, 0.717) is 5.75 Å². The van der Waals surface area contributed by atoms with Crippen LogP contribution in [0.5, 0.6) is 0 Å². The van der Waals surface area contributed by atoms with Crippen molar-refractivity contribution in [3.8, 4) is 0 Å². The smallest absolute Gasteiger partial charge is 0.237 e. The van der Waals surface area contributed by atoms with Gasteiger partial charge in [-0.1, -0.05) is 55.3 Å². The van der Waals surface area contributed by atoms with Crippen LogP contribution in [0.25, 0.3) is 0 Å². The molecular formula is C30H44N2O4S. The number of thiol groups is 1. The molecule has 1 saturated carbocycles. The molecule has 0 aromatic heterocycles. The Morgan fingerprint density at radius 3 is 2.38 bits per heavy atom. The molecule has 1 aliphatic heterocycles. The van der Waals surface area contributed by atoms with Crippen LogP contribution in [0.3, 0.4) is 0 Å². The van der Waals surface area contributed by atoms with Crippen LogP contribution < -0.4 is 11.1 Å². The summed E-state index contributed by atoms with van der Waals surface area (Å²) in [6.07, 6.45) is 6.98. The largest absolute Gasteiger partial charge is 0.390 e. The van der Waals surface area contributed by atoms with Crippen LogP contribution in [-0.2, 0) is 17.6 Å². The SMILES string of the molecule is Cc1ccc(C2[C@H](O)[C@H](O)[C@H](O)C[SH]2C)cc1Cc1ccc(CCCCNC2(C(N)=O)CCCC2)cc1. The Hall–Kier alpha value is -1.90. The second kappa shape index (κ2) is 12.3. The third kappa shape index (κ3) is 6.58. The molecule has 0 bridgehead atoms. The maximum atomic E-state index is 11.9. The van der Waals surface area contributed by atoms with Crippen LogP contribution in [0, 0.1) is 6.92 Å². The lowest BCUT2D eigenvalue weighted by molar-refractivity contribution is -0.124. The van der Waals surface area contributed by atoms with E-state index in [1.807, 2.05) is 0 Å². The van der Waals surface area contributed by atoms with Gasteiger partial charge in [0.1, 0.15) is 6.10 Å². The average molecular weight is 529 g/mol. The fraction of sp³-hybridized carbons (Fsp3) is 0.567. The molecule has 1 saturated heterocycles. The van der Waals surface area contributed by atoms with Gasteiger partial charge < -0.3 is 26.4 Å². The fourth-order valence-corrected chi connectivity index (χ4v) is 8.42. The number of amides is 1. The van der Waals surface area contributed by atoms with Crippen LogP contribution in [-0.4, -0.2) is 63.6 Å². The number of aliphatic hydroxyl groups excluding tert-OH is 3. The molecule has 2 aromatic rings. The quantitative estimate of drug-likeness (QED) is 0.209. The Morgan fingerprint density at radius 1 is 1.03 bits per heavy atom. The van der Waals surface area contributed by atoms with E-state index in [0.717, 1.165) is 63.5 Å². The Labute approximate surface area is 224 Å². The number of nitrogens with one attached hydrogen (secondary N) is 1. The summed E-state index contributed by atoms with van der Waals surface area (Å²) < 4.78 is 0. The molecule has 204 valence electrons. The van der Waals surface area contributed by atoms with Crippen molar-refractivity contribution in [2.75, 3.05) is 18.6 Å². The van der Waals surface area contributed by atoms with E-state index in [9.17, 15) is 20.1 Å². The molecule has 6 N–H and O–H groups in total. The summed E-state index contributed by atoms with van der Waals surface area (Å²) in [5.41, 5.74) is 11.2. The predicted octanol–water partition coefficient (Wildman–Crippen LogP) is 3.06. The van der Waals surface area contributed by atoms with Gasteiger partial charge in [0.2, 0.25) is 5.91 Å². The normalized spacial score (nSPS) is 28.3. The first-order chi connectivity index (χ1) is 17.7. The minimum absolute atomic E-state index is 0.129. The van der Waals surface area contributed by atoms with Crippen LogP contribution in [0.2, 0.25) is 0 Å². The summed E-state index contributed by atoms with van der Waals surface area (Å²) in [6.45, 7) is 2.93. The van der Waals surface area contributed by atoms with Crippen molar-refractivity contribution in [1.82, 2.24) is 5.32 Å². The van der Waals surface area contributed by atoms with Crippen molar-refractivity contribution >= 4 is 16.8 Å². The second-order valence-electron chi connectivity index (χ2n) is 11.1. The number of aryl methyl sites for hydroxylation is 2. The van der Waals surface area contributed by atoms with Gasteiger partial charge in [0.05, 0.1) is 17.7 Å². The van der Waals surface area contributed by atoms with Gasteiger partial charge in [-0.05, 0) is 86.1 Å². The van der Waals surface area contributed by atoms with E-state index in [1.165, 1.54) is 22.3 Å². The molecule has 7 heteroatoms. The number of hydrogen-bond donors (Lipinski definition) is 6. The van der Waals surface area contributed by atoms with Crippen molar-refractivity contribution in [2.24, 2.45) is 5.73 Å². The monoisotopic (exact) mass is 528 g/mol. The number of nitrogens with two attached hydrogens (primary N) is 1. The number of carbonyl (C=O) groups is 1. The first-order valence-corrected chi connectivity index (χ1v) is 15.7. The molecule has 37 heavy (non-hydrogen) atoms. The number of benzene rings is 2. The van der Waals surface area contributed by atoms with E-state index in [4.69, 9.17) is 5.73 Å². The highest BCUT2D eigenvalue weighted by atomic mass is 32.2. The van der Waals surface area contributed by atoms with E-state index >= 15 is 0 Å². The lowest BCUT2D eigenvalue weighted by Crippen LogP contribution is -2.53. The van der Waals surface area contributed by atoms with Crippen molar-refractivity contribution < 1.29 is 20.1 Å². The zero-order valence-electron chi connectivity index (χ0n) is 22.2. The Bertz CT molecular complexity index is 1050. The lowest BCUT2D eigenvalue weighted by Gasteiger charge is -2.42. The van der Waals surface area contributed by atoms with Crippen molar-refractivity contribution in [3.63, 3.8) is 0 Å². The van der Waals surface area contributed by atoms with Gasteiger partial charge in [-0.2, -0.15) is 0 Å². The molecule has 2 fully saturated rings. The molecule has 2 aromatic carbocycles. The molecule has 0 spiro atoms. The third-order valence-corrected chi connectivity index (χ3v) is 10.9. The molecule has 1 heterocycles. The molecular weight excluding hydrogens is 484 g/mol. The maximum Gasteiger partial charge on any atom is 0.237 e. The van der Waals surface area contributed by atoms with E-state index in [-0.39, 0.29) is 11.2 Å². The molecule has 2 aliphatic rings. The minimum atomic E-state index is -1.09. The number of rotatable bonds is 10. The lowest BCUT2D eigenvalue weighted by atomic mass is 9.93. The number of aliphatic hydroxyl groups is 3. The van der Waals surface area contributed by atoms with Gasteiger partial charge in [-0.25, -0.2) is 10.9 Å². The number of primary amides is 1. The molecule has 4 rings (SSSR count). The summed E-state index contributed by atoms with van der Waals surface area (Å²) in [5.74, 6) is 0.341. The van der Waals surface area contributed by atoms with Crippen molar-refractivity contribution in [2.45, 2.75) is 87.4 Å². The molecule has 0 radical (unpaired) electrons. The minimum Gasteiger partial charge on any atom is -0.390 e. The van der Waals surface area contributed by atoms with E-state index in [1.54, 1.807) is 0 Å². The summed E-state index contributed by atoms with van der Waals surface area (Å²) in [4.78, 5) is 11.9. The average Bonchev–Trinajstić information content (AvgIpc) is 3.36. The van der Waals surface area contributed by atoms with Crippen molar-refractivity contribution in [1.29, 1.82) is 0 Å². The highest BCUT2D eigenvalue weighted by Gasteiger charge is 2.40. The Balaban J connectivity index is 1.31.